The summed E-state index contributed by atoms with van der Waals surface area (Å²) in [6, 6.07) is 15.1. The molecule has 2 aromatic rings. The lowest BCUT2D eigenvalue weighted by atomic mass is 10.1. The Hall–Kier alpha value is -1.33. The summed E-state index contributed by atoms with van der Waals surface area (Å²) in [5.74, 6) is 0.342. The number of nitrogens with zero attached hydrogens (tertiary/aromatic N) is 1. The first-order valence-electron chi connectivity index (χ1n) is 7.05. The van der Waals surface area contributed by atoms with E-state index in [4.69, 9.17) is 0 Å². The number of thioether (sulfide) groups is 1. The van der Waals surface area contributed by atoms with Crippen LogP contribution in [-0.2, 0) is 11.2 Å². The standard InChI is InChI=1S/C17H15BrFNOS/c18-14-10-13(6-7-15(14)19)17-20(16(21)11-22-17)9-8-12-4-2-1-3-5-12/h1-7,10,17H,8-9,11H2. The van der Waals surface area contributed by atoms with Gasteiger partial charge in [-0.2, -0.15) is 0 Å². The van der Waals surface area contributed by atoms with Crippen LogP contribution in [-0.4, -0.2) is 23.1 Å². The van der Waals surface area contributed by atoms with Crippen molar-refractivity contribution in [2.45, 2.75) is 11.8 Å². The Morgan fingerprint density at radius 3 is 2.73 bits per heavy atom. The Kier molecular flexibility index (Phi) is 4.84. The highest BCUT2D eigenvalue weighted by molar-refractivity contribution is 9.10. The largest absolute Gasteiger partial charge is 0.325 e. The zero-order valence-electron chi connectivity index (χ0n) is 11.8. The summed E-state index contributed by atoms with van der Waals surface area (Å²) < 4.78 is 13.8. The van der Waals surface area contributed by atoms with Crippen molar-refractivity contribution in [3.63, 3.8) is 0 Å². The summed E-state index contributed by atoms with van der Waals surface area (Å²) in [6.45, 7) is 0.676. The van der Waals surface area contributed by atoms with Crippen molar-refractivity contribution >= 4 is 33.6 Å². The van der Waals surface area contributed by atoms with E-state index in [1.54, 1.807) is 23.9 Å². The SMILES string of the molecule is O=C1CSC(c2ccc(F)c(Br)c2)N1CCc1ccccc1. The van der Waals surface area contributed by atoms with Gasteiger partial charge in [0, 0.05) is 6.54 Å². The fourth-order valence-corrected chi connectivity index (χ4v) is 4.14. The van der Waals surface area contributed by atoms with Gasteiger partial charge in [0.2, 0.25) is 5.91 Å². The predicted molar refractivity (Wildman–Crippen MR) is 91.2 cm³/mol. The molecule has 1 aliphatic rings. The van der Waals surface area contributed by atoms with E-state index in [2.05, 4.69) is 28.1 Å². The summed E-state index contributed by atoms with van der Waals surface area (Å²) >= 11 is 4.81. The minimum absolute atomic E-state index is 0.0342. The van der Waals surface area contributed by atoms with Crippen molar-refractivity contribution < 1.29 is 9.18 Å². The maximum atomic E-state index is 13.4. The van der Waals surface area contributed by atoms with Crippen molar-refractivity contribution in [2.75, 3.05) is 12.3 Å². The third-order valence-electron chi connectivity index (χ3n) is 3.68. The molecule has 0 radical (unpaired) electrons. The van der Waals surface area contributed by atoms with Crippen LogP contribution in [0, 0.1) is 5.82 Å². The summed E-state index contributed by atoms with van der Waals surface area (Å²) in [6.07, 6.45) is 0.825. The average molecular weight is 380 g/mol. The minimum Gasteiger partial charge on any atom is -0.325 e. The average Bonchev–Trinajstić information content (AvgIpc) is 2.90. The predicted octanol–water partition coefficient (Wildman–Crippen LogP) is 4.40. The first kappa shape index (κ1) is 15.6. The highest BCUT2D eigenvalue weighted by Gasteiger charge is 2.32. The first-order chi connectivity index (χ1) is 10.6. The Morgan fingerprint density at radius 2 is 2.00 bits per heavy atom. The lowest BCUT2D eigenvalue weighted by molar-refractivity contribution is -0.128. The monoisotopic (exact) mass is 379 g/mol. The minimum atomic E-state index is -0.283. The van der Waals surface area contributed by atoms with Crippen molar-refractivity contribution in [1.82, 2.24) is 4.90 Å². The molecule has 0 aromatic heterocycles. The molecule has 2 aromatic carbocycles. The zero-order chi connectivity index (χ0) is 15.5. The summed E-state index contributed by atoms with van der Waals surface area (Å²) in [5, 5.41) is -0.0342. The number of carbonyl (C=O) groups excluding carboxylic acids is 1. The van der Waals surface area contributed by atoms with Crippen molar-refractivity contribution in [3.8, 4) is 0 Å². The number of hydrogen-bond acceptors (Lipinski definition) is 2. The summed E-state index contributed by atoms with van der Waals surface area (Å²) in [7, 11) is 0. The van der Waals surface area contributed by atoms with Crippen LogP contribution in [0.5, 0.6) is 0 Å². The molecule has 1 unspecified atom stereocenters. The Balaban J connectivity index is 1.75. The van der Waals surface area contributed by atoms with E-state index in [9.17, 15) is 9.18 Å². The van der Waals surface area contributed by atoms with Gasteiger partial charge in [-0.05, 0) is 45.6 Å². The van der Waals surface area contributed by atoms with Crippen molar-refractivity contribution in [1.29, 1.82) is 0 Å². The highest BCUT2D eigenvalue weighted by Crippen LogP contribution is 2.39. The molecule has 1 heterocycles. The van der Waals surface area contributed by atoms with Gasteiger partial charge in [0.25, 0.3) is 0 Å². The van der Waals surface area contributed by atoms with Gasteiger partial charge in [0.05, 0.1) is 10.2 Å². The van der Waals surface area contributed by atoms with E-state index >= 15 is 0 Å². The molecule has 1 saturated heterocycles. The van der Waals surface area contributed by atoms with Crippen LogP contribution in [0.2, 0.25) is 0 Å². The second-order valence-electron chi connectivity index (χ2n) is 5.16. The quantitative estimate of drug-likeness (QED) is 0.784. The van der Waals surface area contributed by atoms with Gasteiger partial charge < -0.3 is 4.90 Å². The number of rotatable bonds is 4. The summed E-state index contributed by atoms with van der Waals surface area (Å²) in [4.78, 5) is 14.0. The van der Waals surface area contributed by atoms with Gasteiger partial charge in [-0.1, -0.05) is 36.4 Å². The lowest BCUT2D eigenvalue weighted by Gasteiger charge is -2.24. The van der Waals surface area contributed by atoms with Gasteiger partial charge in [-0.3, -0.25) is 4.79 Å². The number of carbonyl (C=O) groups is 1. The van der Waals surface area contributed by atoms with Crippen LogP contribution < -0.4 is 0 Å². The van der Waals surface area contributed by atoms with Crippen LogP contribution in [0.4, 0.5) is 4.39 Å². The molecule has 1 amide bonds. The summed E-state index contributed by atoms with van der Waals surface area (Å²) in [5.41, 5.74) is 2.17. The second-order valence-corrected chi connectivity index (χ2v) is 7.08. The van der Waals surface area contributed by atoms with Gasteiger partial charge in [-0.15, -0.1) is 11.8 Å². The van der Waals surface area contributed by atoms with Gasteiger partial charge in [-0.25, -0.2) is 4.39 Å². The molecule has 0 N–H and O–H groups in total. The molecular formula is C17H15BrFNOS. The second kappa shape index (κ2) is 6.84. The molecule has 0 spiro atoms. The van der Waals surface area contributed by atoms with Crippen LogP contribution >= 0.6 is 27.7 Å². The molecule has 1 atom stereocenters. The number of halogens is 2. The number of hydrogen-bond donors (Lipinski definition) is 0. The zero-order valence-corrected chi connectivity index (χ0v) is 14.2. The maximum Gasteiger partial charge on any atom is 0.233 e. The normalized spacial score (nSPS) is 18.0. The molecule has 0 bridgehead atoms. The van der Waals surface area contributed by atoms with Crippen LogP contribution in [0.25, 0.3) is 0 Å². The number of amides is 1. The van der Waals surface area contributed by atoms with Gasteiger partial charge >= 0.3 is 0 Å². The van der Waals surface area contributed by atoms with Gasteiger partial charge in [0.1, 0.15) is 11.2 Å². The Bertz CT molecular complexity index is 680. The molecule has 2 nitrogen and oxygen atoms in total. The Morgan fingerprint density at radius 1 is 1.23 bits per heavy atom. The molecule has 5 heteroatoms. The fourth-order valence-electron chi connectivity index (χ4n) is 2.53. The third kappa shape index (κ3) is 3.36. The molecular weight excluding hydrogens is 365 g/mol. The fraction of sp³-hybridized carbons (Fsp3) is 0.235. The molecule has 114 valence electrons. The molecule has 0 saturated carbocycles. The van der Waals surface area contributed by atoms with E-state index in [0.29, 0.717) is 16.8 Å². The lowest BCUT2D eigenvalue weighted by Crippen LogP contribution is -2.30. The van der Waals surface area contributed by atoms with E-state index in [1.165, 1.54) is 11.6 Å². The molecule has 1 fully saturated rings. The molecule has 1 aliphatic heterocycles. The maximum absolute atomic E-state index is 13.4. The topological polar surface area (TPSA) is 20.3 Å². The van der Waals surface area contributed by atoms with Crippen LogP contribution in [0.15, 0.2) is 53.0 Å². The van der Waals surface area contributed by atoms with Crippen molar-refractivity contribution in [3.05, 3.63) is 69.9 Å². The van der Waals surface area contributed by atoms with Crippen LogP contribution in [0.1, 0.15) is 16.5 Å². The highest BCUT2D eigenvalue weighted by atomic mass is 79.9. The van der Waals surface area contributed by atoms with E-state index in [1.807, 2.05) is 23.1 Å². The Labute approximate surface area is 141 Å². The van der Waals surface area contributed by atoms with E-state index < -0.39 is 0 Å². The first-order valence-corrected chi connectivity index (χ1v) is 8.89. The van der Waals surface area contributed by atoms with Crippen LogP contribution in [0.3, 0.4) is 0 Å². The van der Waals surface area contributed by atoms with E-state index in [-0.39, 0.29) is 17.1 Å². The van der Waals surface area contributed by atoms with Gasteiger partial charge in [0.15, 0.2) is 0 Å². The smallest absolute Gasteiger partial charge is 0.233 e. The van der Waals surface area contributed by atoms with E-state index in [0.717, 1.165) is 12.0 Å². The third-order valence-corrected chi connectivity index (χ3v) is 5.54. The molecule has 3 rings (SSSR count). The number of benzene rings is 2. The molecule has 22 heavy (non-hydrogen) atoms. The molecule has 0 aliphatic carbocycles. The van der Waals surface area contributed by atoms with Crippen molar-refractivity contribution in [2.24, 2.45) is 0 Å².